The highest BCUT2D eigenvalue weighted by atomic mass is 35.5. The number of hydrogen-bond acceptors (Lipinski definition) is 3. The van der Waals surface area contributed by atoms with Crippen LogP contribution in [0.1, 0.15) is 15.9 Å². The largest absolute Gasteiger partial charge is 0.364 e. The predicted octanol–water partition coefficient (Wildman–Crippen LogP) is 4.38. The van der Waals surface area contributed by atoms with E-state index < -0.39 is 0 Å². The van der Waals surface area contributed by atoms with Crippen LogP contribution < -0.4 is 10.6 Å². The van der Waals surface area contributed by atoms with Gasteiger partial charge in [0.15, 0.2) is 0 Å². The van der Waals surface area contributed by atoms with E-state index in [4.69, 9.17) is 27.9 Å². The molecule has 4 nitrogen and oxygen atoms in total. The van der Waals surface area contributed by atoms with Crippen molar-refractivity contribution >= 4 is 40.5 Å². The first-order valence-corrected chi connectivity index (χ1v) is 7.38. The summed E-state index contributed by atoms with van der Waals surface area (Å²) in [5.74, 6) is -0.246. The molecule has 0 atom stereocenters. The SMILES string of the molecule is COCNC(=O)c1ccccc1Nc1c(Cl)ccc(C)c1Cl. The molecular formula is C16H16Cl2N2O2. The fourth-order valence-electron chi connectivity index (χ4n) is 1.93. The van der Waals surface area contributed by atoms with Crippen molar-refractivity contribution < 1.29 is 9.53 Å². The van der Waals surface area contributed by atoms with Crippen molar-refractivity contribution in [3.63, 3.8) is 0 Å². The molecule has 2 rings (SSSR count). The summed E-state index contributed by atoms with van der Waals surface area (Å²) in [6, 6.07) is 10.7. The van der Waals surface area contributed by atoms with E-state index in [0.717, 1.165) is 5.56 Å². The zero-order chi connectivity index (χ0) is 16.1. The van der Waals surface area contributed by atoms with Crippen LogP contribution in [0.25, 0.3) is 0 Å². The first-order valence-electron chi connectivity index (χ1n) is 6.62. The lowest BCUT2D eigenvalue weighted by molar-refractivity contribution is 0.0873. The number of ether oxygens (including phenoxy) is 1. The molecule has 0 saturated carbocycles. The number of methoxy groups -OCH3 is 1. The van der Waals surface area contributed by atoms with Crippen LogP contribution in [0.5, 0.6) is 0 Å². The zero-order valence-electron chi connectivity index (χ0n) is 12.2. The molecule has 0 spiro atoms. The molecule has 116 valence electrons. The number of nitrogens with one attached hydrogen (secondary N) is 2. The highest BCUT2D eigenvalue weighted by Crippen LogP contribution is 2.35. The van der Waals surface area contributed by atoms with Crippen molar-refractivity contribution in [1.29, 1.82) is 0 Å². The molecule has 6 heteroatoms. The van der Waals surface area contributed by atoms with E-state index in [1.807, 2.05) is 19.1 Å². The maximum Gasteiger partial charge on any atom is 0.255 e. The van der Waals surface area contributed by atoms with Crippen molar-refractivity contribution in [3.05, 3.63) is 57.6 Å². The maximum atomic E-state index is 12.2. The van der Waals surface area contributed by atoms with Gasteiger partial charge in [-0.15, -0.1) is 0 Å². The molecule has 2 aromatic rings. The molecule has 0 aliphatic heterocycles. The van der Waals surface area contributed by atoms with Gasteiger partial charge in [0.05, 0.1) is 27.0 Å². The molecular weight excluding hydrogens is 323 g/mol. The molecule has 1 amide bonds. The van der Waals surface area contributed by atoms with Crippen LogP contribution in [0.3, 0.4) is 0 Å². The molecule has 0 aliphatic rings. The van der Waals surface area contributed by atoms with Gasteiger partial charge >= 0.3 is 0 Å². The second-order valence-electron chi connectivity index (χ2n) is 4.66. The van der Waals surface area contributed by atoms with Crippen LogP contribution in [0.2, 0.25) is 10.0 Å². The Labute approximate surface area is 139 Å². The molecule has 2 aromatic carbocycles. The minimum atomic E-state index is -0.246. The smallest absolute Gasteiger partial charge is 0.255 e. The standard InChI is InChI=1S/C16H16Cl2N2O2/c1-10-7-8-12(17)15(14(10)18)20-13-6-4-3-5-11(13)16(21)19-9-22-2/h3-8,20H,9H2,1-2H3,(H,19,21). The number of hydrogen-bond donors (Lipinski definition) is 2. The van der Waals surface area contributed by atoms with Gasteiger partial charge in [-0.1, -0.05) is 41.4 Å². The quantitative estimate of drug-likeness (QED) is 0.795. The van der Waals surface area contributed by atoms with Gasteiger partial charge in [0.1, 0.15) is 6.73 Å². The van der Waals surface area contributed by atoms with Gasteiger partial charge in [-0.3, -0.25) is 4.79 Å². The summed E-state index contributed by atoms with van der Waals surface area (Å²) in [6.07, 6.45) is 0. The Morgan fingerprint density at radius 2 is 1.91 bits per heavy atom. The van der Waals surface area contributed by atoms with E-state index in [1.165, 1.54) is 7.11 Å². The number of aryl methyl sites for hydroxylation is 1. The third kappa shape index (κ3) is 3.71. The summed E-state index contributed by atoms with van der Waals surface area (Å²) in [5, 5.41) is 6.81. The highest BCUT2D eigenvalue weighted by Gasteiger charge is 2.14. The van der Waals surface area contributed by atoms with E-state index >= 15 is 0 Å². The number of carbonyl (C=O) groups excluding carboxylic acids is 1. The average Bonchev–Trinajstić information content (AvgIpc) is 2.53. The van der Waals surface area contributed by atoms with E-state index in [1.54, 1.807) is 24.3 Å². The molecule has 0 aromatic heterocycles. The average molecular weight is 339 g/mol. The molecule has 0 heterocycles. The normalized spacial score (nSPS) is 10.4. The Morgan fingerprint density at radius 3 is 2.64 bits per heavy atom. The second-order valence-corrected chi connectivity index (χ2v) is 5.45. The number of carbonyl (C=O) groups is 1. The second kappa shape index (κ2) is 7.49. The van der Waals surface area contributed by atoms with Crippen molar-refractivity contribution in [2.45, 2.75) is 6.92 Å². The summed E-state index contributed by atoms with van der Waals surface area (Å²) in [4.78, 5) is 12.2. The Morgan fingerprint density at radius 1 is 1.18 bits per heavy atom. The minimum Gasteiger partial charge on any atom is -0.364 e. The maximum absolute atomic E-state index is 12.2. The number of halogens is 2. The Balaban J connectivity index is 2.35. The molecule has 22 heavy (non-hydrogen) atoms. The zero-order valence-corrected chi connectivity index (χ0v) is 13.8. The van der Waals surface area contributed by atoms with Crippen molar-refractivity contribution in [3.8, 4) is 0 Å². The van der Waals surface area contributed by atoms with Crippen LogP contribution in [-0.2, 0) is 4.74 Å². The third-order valence-electron chi connectivity index (χ3n) is 3.09. The van der Waals surface area contributed by atoms with Gasteiger partial charge in [0, 0.05) is 7.11 Å². The van der Waals surface area contributed by atoms with Crippen LogP contribution in [0.4, 0.5) is 11.4 Å². The third-order valence-corrected chi connectivity index (χ3v) is 3.89. The lowest BCUT2D eigenvalue weighted by atomic mass is 10.1. The van der Waals surface area contributed by atoms with Crippen molar-refractivity contribution in [2.75, 3.05) is 19.2 Å². The number of para-hydroxylation sites is 1. The van der Waals surface area contributed by atoms with E-state index in [0.29, 0.717) is 27.0 Å². The highest BCUT2D eigenvalue weighted by molar-refractivity contribution is 6.39. The minimum absolute atomic E-state index is 0.138. The first-order chi connectivity index (χ1) is 10.5. The van der Waals surface area contributed by atoms with Gasteiger partial charge in [-0.25, -0.2) is 0 Å². The molecule has 0 aliphatic carbocycles. The molecule has 2 N–H and O–H groups in total. The Kier molecular flexibility index (Phi) is 5.66. The summed E-state index contributed by atoms with van der Waals surface area (Å²) in [6.45, 7) is 2.03. The summed E-state index contributed by atoms with van der Waals surface area (Å²) < 4.78 is 4.85. The monoisotopic (exact) mass is 338 g/mol. The molecule has 0 saturated heterocycles. The number of amides is 1. The van der Waals surface area contributed by atoms with Gasteiger partial charge in [0.2, 0.25) is 0 Å². The van der Waals surface area contributed by atoms with Crippen LogP contribution in [-0.4, -0.2) is 19.7 Å². The number of anilines is 2. The van der Waals surface area contributed by atoms with Crippen molar-refractivity contribution in [1.82, 2.24) is 5.32 Å². The molecule has 0 bridgehead atoms. The van der Waals surface area contributed by atoms with Crippen molar-refractivity contribution in [2.24, 2.45) is 0 Å². The summed E-state index contributed by atoms with van der Waals surface area (Å²) in [7, 11) is 1.51. The van der Waals surface area contributed by atoms with Gasteiger partial charge < -0.3 is 15.4 Å². The Hall–Kier alpha value is -1.75. The topological polar surface area (TPSA) is 50.4 Å². The molecule has 0 unspecified atom stereocenters. The molecule has 0 fully saturated rings. The molecule has 0 radical (unpaired) electrons. The van der Waals surface area contributed by atoms with E-state index in [2.05, 4.69) is 10.6 Å². The van der Waals surface area contributed by atoms with E-state index in [-0.39, 0.29) is 12.6 Å². The fraction of sp³-hybridized carbons (Fsp3) is 0.188. The first kappa shape index (κ1) is 16.6. The van der Waals surface area contributed by atoms with E-state index in [9.17, 15) is 4.79 Å². The lowest BCUT2D eigenvalue weighted by Crippen LogP contribution is -2.26. The Bertz CT molecular complexity index is 690. The van der Waals surface area contributed by atoms with Crippen LogP contribution >= 0.6 is 23.2 Å². The van der Waals surface area contributed by atoms with Gasteiger partial charge in [-0.05, 0) is 30.7 Å². The predicted molar refractivity (Wildman–Crippen MR) is 90.3 cm³/mol. The fourth-order valence-corrected chi connectivity index (χ4v) is 2.39. The summed E-state index contributed by atoms with van der Waals surface area (Å²) >= 11 is 12.5. The lowest BCUT2D eigenvalue weighted by Gasteiger charge is -2.15. The van der Waals surface area contributed by atoms with Crippen LogP contribution in [0, 0.1) is 6.92 Å². The number of rotatable bonds is 5. The van der Waals surface area contributed by atoms with Crippen LogP contribution in [0.15, 0.2) is 36.4 Å². The van der Waals surface area contributed by atoms with Gasteiger partial charge in [-0.2, -0.15) is 0 Å². The van der Waals surface area contributed by atoms with Gasteiger partial charge in [0.25, 0.3) is 5.91 Å². The number of benzene rings is 2. The summed E-state index contributed by atoms with van der Waals surface area (Å²) in [5.41, 5.74) is 2.57.